The van der Waals surface area contributed by atoms with Crippen molar-refractivity contribution in [1.29, 1.82) is 0 Å². The zero-order valence-electron chi connectivity index (χ0n) is 11.9. The maximum Gasteiger partial charge on any atom is 0.262 e. The minimum absolute atomic E-state index is 0.0546. The second-order valence-electron chi connectivity index (χ2n) is 4.74. The first-order valence-electron chi connectivity index (χ1n) is 6.23. The van der Waals surface area contributed by atoms with Gasteiger partial charge in [-0.05, 0) is 50.1 Å². The monoisotopic (exact) mass is 328 g/mol. The highest BCUT2D eigenvalue weighted by Gasteiger charge is 2.19. The van der Waals surface area contributed by atoms with Crippen molar-refractivity contribution in [2.75, 3.05) is 20.6 Å². The first kappa shape index (κ1) is 16.0. The first-order chi connectivity index (χ1) is 8.86. The Kier molecular flexibility index (Phi) is 5.82. The Bertz CT molecular complexity index is 461. The van der Waals surface area contributed by atoms with E-state index in [1.165, 1.54) is 4.90 Å². The number of amides is 1. The summed E-state index contributed by atoms with van der Waals surface area (Å²) in [5.41, 5.74) is 7.64. The lowest BCUT2D eigenvalue weighted by atomic mass is 10.1. The van der Waals surface area contributed by atoms with Gasteiger partial charge >= 0.3 is 0 Å². The molecule has 0 bridgehead atoms. The van der Waals surface area contributed by atoms with Crippen LogP contribution in [-0.4, -0.2) is 37.6 Å². The van der Waals surface area contributed by atoms with Crippen molar-refractivity contribution in [3.8, 4) is 5.75 Å². The van der Waals surface area contributed by atoms with Crippen molar-refractivity contribution in [1.82, 2.24) is 4.90 Å². The molecule has 1 aromatic carbocycles. The summed E-state index contributed by atoms with van der Waals surface area (Å²) in [7, 11) is 3.44. The number of aryl methyl sites for hydroxylation is 1. The minimum atomic E-state index is -0.508. The third-order valence-corrected chi connectivity index (χ3v) is 3.27. The molecule has 0 heterocycles. The van der Waals surface area contributed by atoms with Crippen molar-refractivity contribution in [2.45, 2.75) is 26.4 Å². The number of halogens is 1. The van der Waals surface area contributed by atoms with Crippen LogP contribution in [0.3, 0.4) is 0 Å². The molecule has 1 amide bonds. The van der Waals surface area contributed by atoms with Gasteiger partial charge in [-0.3, -0.25) is 4.79 Å². The van der Waals surface area contributed by atoms with Gasteiger partial charge in [0.15, 0.2) is 6.10 Å². The summed E-state index contributed by atoms with van der Waals surface area (Å²) in [5.74, 6) is 0.706. The van der Waals surface area contributed by atoms with E-state index in [4.69, 9.17) is 10.5 Å². The molecule has 0 saturated heterocycles. The second kappa shape index (κ2) is 6.91. The predicted octanol–water partition coefficient (Wildman–Crippen LogP) is 2.11. The summed E-state index contributed by atoms with van der Waals surface area (Å²) in [5, 5.41) is 0. The van der Waals surface area contributed by atoms with Gasteiger partial charge in [0.25, 0.3) is 5.91 Å². The Balaban J connectivity index is 3.02. The van der Waals surface area contributed by atoms with E-state index in [0.29, 0.717) is 6.54 Å². The fraction of sp³-hybridized carbons (Fsp3) is 0.500. The zero-order chi connectivity index (χ0) is 14.6. The molecule has 0 fully saturated rings. The van der Waals surface area contributed by atoms with Crippen LogP contribution in [-0.2, 0) is 11.2 Å². The molecule has 1 atom stereocenters. The molecule has 0 aliphatic carbocycles. The van der Waals surface area contributed by atoms with E-state index < -0.39 is 6.10 Å². The summed E-state index contributed by atoms with van der Waals surface area (Å²) in [6.45, 7) is 4.27. The second-order valence-corrected chi connectivity index (χ2v) is 5.66. The Labute approximate surface area is 123 Å². The van der Waals surface area contributed by atoms with Crippen LogP contribution in [0.4, 0.5) is 0 Å². The van der Waals surface area contributed by atoms with Crippen LogP contribution in [0.15, 0.2) is 16.6 Å². The molecule has 1 rings (SSSR count). The van der Waals surface area contributed by atoms with Gasteiger partial charge in [-0.15, -0.1) is 0 Å². The largest absolute Gasteiger partial charge is 0.480 e. The highest BCUT2D eigenvalue weighted by molar-refractivity contribution is 9.10. The van der Waals surface area contributed by atoms with Crippen molar-refractivity contribution in [3.63, 3.8) is 0 Å². The first-order valence-corrected chi connectivity index (χ1v) is 7.03. The molecule has 1 aromatic rings. The van der Waals surface area contributed by atoms with Crippen LogP contribution >= 0.6 is 15.9 Å². The third kappa shape index (κ3) is 4.21. The van der Waals surface area contributed by atoms with Gasteiger partial charge in [0.1, 0.15) is 5.75 Å². The van der Waals surface area contributed by atoms with Gasteiger partial charge in [0.05, 0.1) is 0 Å². The summed E-state index contributed by atoms with van der Waals surface area (Å²) >= 11 is 3.46. The molecule has 19 heavy (non-hydrogen) atoms. The van der Waals surface area contributed by atoms with Crippen molar-refractivity contribution >= 4 is 21.8 Å². The lowest BCUT2D eigenvalue weighted by molar-refractivity contribution is -0.135. The molecular formula is C14H21BrN2O2. The summed E-state index contributed by atoms with van der Waals surface area (Å²) in [4.78, 5) is 13.4. The maximum absolute atomic E-state index is 11.9. The molecule has 1 unspecified atom stereocenters. The Morgan fingerprint density at radius 1 is 1.47 bits per heavy atom. The highest BCUT2D eigenvalue weighted by Crippen LogP contribution is 2.29. The fourth-order valence-corrected chi connectivity index (χ4v) is 2.52. The number of benzene rings is 1. The Hall–Kier alpha value is -1.07. The summed E-state index contributed by atoms with van der Waals surface area (Å²) in [6.07, 6.45) is 0.213. The van der Waals surface area contributed by atoms with Gasteiger partial charge in [-0.1, -0.05) is 15.9 Å². The molecule has 106 valence electrons. The molecule has 0 saturated carbocycles. The average molecular weight is 329 g/mol. The zero-order valence-corrected chi connectivity index (χ0v) is 13.5. The lowest BCUT2D eigenvalue weighted by Gasteiger charge is -2.21. The molecule has 2 N–H and O–H groups in total. The number of ether oxygens (including phenoxy) is 1. The Morgan fingerprint density at radius 2 is 2.11 bits per heavy atom. The van der Waals surface area contributed by atoms with Gasteiger partial charge in [-0.2, -0.15) is 0 Å². The number of nitrogens with two attached hydrogens (primary N) is 1. The highest BCUT2D eigenvalue weighted by atomic mass is 79.9. The van der Waals surface area contributed by atoms with Crippen molar-refractivity contribution in [3.05, 3.63) is 27.7 Å². The van der Waals surface area contributed by atoms with Crippen LogP contribution < -0.4 is 10.5 Å². The standard InChI is InChI=1S/C14H21BrN2O2/c1-9-7-12(15)8-11(5-6-16)13(9)19-10(2)14(18)17(3)4/h7-8,10H,5-6,16H2,1-4H3. The van der Waals surface area contributed by atoms with E-state index in [1.807, 2.05) is 19.1 Å². The number of hydrogen-bond acceptors (Lipinski definition) is 3. The van der Waals surface area contributed by atoms with E-state index in [9.17, 15) is 4.79 Å². The van der Waals surface area contributed by atoms with Gasteiger partial charge < -0.3 is 15.4 Å². The predicted molar refractivity (Wildman–Crippen MR) is 80.4 cm³/mol. The van der Waals surface area contributed by atoms with Crippen LogP contribution in [0.2, 0.25) is 0 Å². The van der Waals surface area contributed by atoms with Crippen LogP contribution in [0.5, 0.6) is 5.75 Å². The number of carbonyl (C=O) groups excluding carboxylic acids is 1. The molecule has 0 aliphatic rings. The molecular weight excluding hydrogens is 308 g/mol. The van der Waals surface area contributed by atoms with E-state index in [-0.39, 0.29) is 5.91 Å². The van der Waals surface area contributed by atoms with E-state index >= 15 is 0 Å². The SMILES string of the molecule is Cc1cc(Br)cc(CCN)c1OC(C)C(=O)N(C)C. The van der Waals surface area contributed by atoms with E-state index in [0.717, 1.165) is 27.8 Å². The average Bonchev–Trinajstić information content (AvgIpc) is 2.32. The lowest BCUT2D eigenvalue weighted by Crippen LogP contribution is -2.35. The van der Waals surface area contributed by atoms with Crippen LogP contribution in [0, 0.1) is 6.92 Å². The molecule has 0 aromatic heterocycles. The van der Waals surface area contributed by atoms with Gasteiger partial charge in [0.2, 0.25) is 0 Å². The van der Waals surface area contributed by atoms with Crippen molar-refractivity contribution < 1.29 is 9.53 Å². The van der Waals surface area contributed by atoms with Gasteiger partial charge in [0, 0.05) is 18.6 Å². The maximum atomic E-state index is 11.9. The smallest absolute Gasteiger partial charge is 0.262 e. The summed E-state index contributed by atoms with van der Waals surface area (Å²) in [6, 6.07) is 3.96. The number of nitrogens with zero attached hydrogens (tertiary/aromatic N) is 1. The third-order valence-electron chi connectivity index (χ3n) is 2.81. The van der Waals surface area contributed by atoms with Crippen molar-refractivity contribution in [2.24, 2.45) is 5.73 Å². The summed E-state index contributed by atoms with van der Waals surface area (Å²) < 4.78 is 6.83. The fourth-order valence-electron chi connectivity index (χ4n) is 1.90. The number of likely N-dealkylation sites (N-methyl/N-ethyl adjacent to an activating group) is 1. The molecule has 0 radical (unpaired) electrons. The van der Waals surface area contributed by atoms with Crippen LogP contribution in [0.25, 0.3) is 0 Å². The quantitative estimate of drug-likeness (QED) is 0.900. The Morgan fingerprint density at radius 3 is 2.63 bits per heavy atom. The normalized spacial score (nSPS) is 12.1. The molecule has 0 aliphatic heterocycles. The molecule has 0 spiro atoms. The molecule has 5 heteroatoms. The minimum Gasteiger partial charge on any atom is -0.480 e. The topological polar surface area (TPSA) is 55.6 Å². The molecule has 4 nitrogen and oxygen atoms in total. The number of carbonyl (C=O) groups is 1. The number of hydrogen-bond donors (Lipinski definition) is 1. The van der Waals surface area contributed by atoms with Gasteiger partial charge in [-0.25, -0.2) is 0 Å². The van der Waals surface area contributed by atoms with E-state index in [2.05, 4.69) is 15.9 Å². The van der Waals surface area contributed by atoms with E-state index in [1.54, 1.807) is 21.0 Å². The number of rotatable bonds is 5. The van der Waals surface area contributed by atoms with Crippen LogP contribution in [0.1, 0.15) is 18.1 Å².